The van der Waals surface area contributed by atoms with Gasteiger partial charge in [0.15, 0.2) is 0 Å². The Morgan fingerprint density at radius 2 is 1.56 bits per heavy atom. The number of aromatic nitrogens is 3. The van der Waals surface area contributed by atoms with Crippen LogP contribution in [0, 0.1) is 0 Å². The third-order valence-electron chi connectivity index (χ3n) is 5.95. The molecule has 3 aromatic carbocycles. The monoisotopic (exact) mass is 478 g/mol. The molecule has 6 nitrogen and oxygen atoms in total. The first-order valence-electron chi connectivity index (χ1n) is 12.1. The molecule has 0 unspecified atom stereocenters. The number of nitrogens with zero attached hydrogens (tertiary/aromatic N) is 1. The first-order valence-corrected chi connectivity index (χ1v) is 12.1. The Hall–Kier alpha value is -4.32. The molecule has 0 aliphatic rings. The van der Waals surface area contributed by atoms with Crippen molar-refractivity contribution in [1.82, 2.24) is 20.3 Å². The summed E-state index contributed by atoms with van der Waals surface area (Å²) in [6.07, 6.45) is 2.05. The van der Waals surface area contributed by atoms with Crippen LogP contribution in [0.2, 0.25) is 0 Å². The van der Waals surface area contributed by atoms with Gasteiger partial charge in [0, 0.05) is 34.6 Å². The Morgan fingerprint density at radius 1 is 0.917 bits per heavy atom. The molecule has 0 spiro atoms. The van der Waals surface area contributed by atoms with Gasteiger partial charge in [-0.15, -0.1) is 0 Å². The van der Waals surface area contributed by atoms with E-state index in [-0.39, 0.29) is 0 Å². The normalized spacial score (nSPS) is 12.4. The lowest BCUT2D eigenvalue weighted by Crippen LogP contribution is -2.36. The number of hydrogen-bond donors (Lipinski definition) is 3. The molecule has 2 aromatic heterocycles. The molecule has 2 heterocycles. The van der Waals surface area contributed by atoms with E-state index in [9.17, 15) is 4.79 Å². The number of hydrogen-bond acceptors (Lipinski definition) is 3. The van der Waals surface area contributed by atoms with Crippen molar-refractivity contribution in [3.8, 4) is 22.5 Å². The van der Waals surface area contributed by atoms with Gasteiger partial charge in [-0.1, -0.05) is 78.9 Å². The van der Waals surface area contributed by atoms with E-state index in [1.54, 1.807) is 0 Å². The van der Waals surface area contributed by atoms with Gasteiger partial charge in [0.05, 0.1) is 17.4 Å². The van der Waals surface area contributed by atoms with Crippen LogP contribution >= 0.6 is 0 Å². The van der Waals surface area contributed by atoms with Crippen LogP contribution in [0.15, 0.2) is 91.1 Å². The molecule has 1 amide bonds. The van der Waals surface area contributed by atoms with E-state index in [1.807, 2.05) is 93.7 Å². The molecule has 182 valence electrons. The zero-order valence-electron chi connectivity index (χ0n) is 20.7. The number of rotatable bonds is 6. The summed E-state index contributed by atoms with van der Waals surface area (Å²) < 4.78 is 5.60. The van der Waals surface area contributed by atoms with Crippen LogP contribution < -0.4 is 5.32 Å². The van der Waals surface area contributed by atoms with Gasteiger partial charge >= 0.3 is 6.09 Å². The van der Waals surface area contributed by atoms with Crippen molar-refractivity contribution >= 4 is 17.0 Å². The van der Waals surface area contributed by atoms with Crippen molar-refractivity contribution in [3.63, 3.8) is 0 Å². The quantitative estimate of drug-likeness (QED) is 0.245. The van der Waals surface area contributed by atoms with Crippen LogP contribution in [0.25, 0.3) is 33.4 Å². The van der Waals surface area contributed by atoms with E-state index in [0.29, 0.717) is 12.2 Å². The summed E-state index contributed by atoms with van der Waals surface area (Å²) in [5.74, 6) is 0.670. The maximum atomic E-state index is 12.9. The van der Waals surface area contributed by atoms with E-state index in [0.717, 1.165) is 39.0 Å². The lowest BCUT2D eigenvalue weighted by Gasteiger charge is -2.23. The number of para-hydroxylation sites is 1. The fourth-order valence-corrected chi connectivity index (χ4v) is 4.36. The van der Waals surface area contributed by atoms with E-state index >= 15 is 0 Å². The van der Waals surface area contributed by atoms with Crippen molar-refractivity contribution in [2.45, 2.75) is 38.8 Å². The molecule has 0 aliphatic heterocycles. The van der Waals surface area contributed by atoms with Gasteiger partial charge in [0.25, 0.3) is 0 Å². The second-order valence-electron chi connectivity index (χ2n) is 9.84. The van der Waals surface area contributed by atoms with Gasteiger partial charge in [-0.05, 0) is 32.4 Å². The summed E-state index contributed by atoms with van der Waals surface area (Å²) in [6, 6.07) is 27.9. The van der Waals surface area contributed by atoms with Crippen LogP contribution in [-0.4, -0.2) is 26.6 Å². The Labute approximate surface area is 210 Å². The molecule has 3 N–H and O–H groups in total. The Balaban J connectivity index is 1.58. The number of ether oxygens (including phenoxy) is 1. The van der Waals surface area contributed by atoms with Crippen LogP contribution in [0.1, 0.15) is 38.2 Å². The average Bonchev–Trinajstić information content (AvgIpc) is 3.49. The van der Waals surface area contributed by atoms with Crippen LogP contribution in [0.4, 0.5) is 4.79 Å². The molecule has 0 bridgehead atoms. The standard InChI is InChI=1S/C30H30N4O2/c1-30(2,3)36-29(35)32-25(18-22-19-31-24-17-11-10-16-23(22)24)28-33-26(20-12-6-4-7-13-20)27(34-28)21-14-8-5-9-15-21/h4-17,19,25,31H,18H2,1-3H3,(H,32,35)(H,33,34)/t25-/m1/s1. The molecule has 0 saturated carbocycles. The number of nitrogens with one attached hydrogen (secondary N) is 3. The molecule has 36 heavy (non-hydrogen) atoms. The molecule has 5 rings (SSSR count). The SMILES string of the molecule is CC(C)(C)OC(=O)N[C@H](Cc1c[nH]c2ccccc12)c1nc(-c2ccccc2)c(-c2ccccc2)[nH]1. The highest BCUT2D eigenvalue weighted by Crippen LogP contribution is 2.33. The minimum atomic E-state index is -0.608. The highest BCUT2D eigenvalue weighted by atomic mass is 16.6. The highest BCUT2D eigenvalue weighted by Gasteiger charge is 2.26. The van der Waals surface area contributed by atoms with Gasteiger partial charge in [-0.3, -0.25) is 0 Å². The largest absolute Gasteiger partial charge is 0.444 e. The molecule has 6 heteroatoms. The summed E-state index contributed by atoms with van der Waals surface area (Å²) >= 11 is 0. The Morgan fingerprint density at radius 3 is 2.25 bits per heavy atom. The average molecular weight is 479 g/mol. The second-order valence-corrected chi connectivity index (χ2v) is 9.84. The zero-order chi connectivity index (χ0) is 25.1. The van der Waals surface area contributed by atoms with Gasteiger partial charge in [-0.2, -0.15) is 0 Å². The lowest BCUT2D eigenvalue weighted by molar-refractivity contribution is 0.0501. The van der Waals surface area contributed by atoms with Gasteiger partial charge < -0.3 is 20.0 Å². The van der Waals surface area contributed by atoms with E-state index in [4.69, 9.17) is 9.72 Å². The number of benzene rings is 3. The van der Waals surface area contributed by atoms with Crippen molar-refractivity contribution in [2.75, 3.05) is 0 Å². The number of imidazole rings is 1. The molecule has 5 aromatic rings. The molecule has 0 aliphatic carbocycles. The van der Waals surface area contributed by atoms with Crippen molar-refractivity contribution in [3.05, 3.63) is 103 Å². The Bertz CT molecular complexity index is 1410. The number of aromatic amines is 2. The van der Waals surface area contributed by atoms with Crippen molar-refractivity contribution < 1.29 is 9.53 Å². The van der Waals surface area contributed by atoms with Crippen LogP contribution in [0.3, 0.4) is 0 Å². The number of carbonyl (C=O) groups is 1. The van der Waals surface area contributed by atoms with E-state index in [1.165, 1.54) is 0 Å². The third kappa shape index (κ3) is 5.18. The predicted octanol–water partition coefficient (Wildman–Crippen LogP) is 7.03. The zero-order valence-corrected chi connectivity index (χ0v) is 20.7. The highest BCUT2D eigenvalue weighted by molar-refractivity contribution is 5.83. The fraction of sp³-hybridized carbons (Fsp3) is 0.200. The number of H-pyrrole nitrogens is 2. The topological polar surface area (TPSA) is 82.8 Å². The molecule has 1 atom stereocenters. The number of carbonyl (C=O) groups excluding carboxylic acids is 1. The summed E-state index contributed by atoms with van der Waals surface area (Å²) in [6.45, 7) is 5.57. The third-order valence-corrected chi connectivity index (χ3v) is 5.95. The summed E-state index contributed by atoms with van der Waals surface area (Å²) in [4.78, 5) is 24.8. The first-order chi connectivity index (χ1) is 17.4. The number of amides is 1. The lowest BCUT2D eigenvalue weighted by atomic mass is 10.0. The molecule has 0 saturated heterocycles. The summed E-state index contributed by atoms with van der Waals surface area (Å²) in [5.41, 5.74) is 5.31. The number of fused-ring (bicyclic) bond motifs is 1. The molecular weight excluding hydrogens is 448 g/mol. The van der Waals surface area contributed by atoms with Crippen molar-refractivity contribution in [2.24, 2.45) is 0 Å². The van der Waals surface area contributed by atoms with E-state index in [2.05, 4.69) is 33.5 Å². The first kappa shape index (κ1) is 23.4. The second kappa shape index (κ2) is 9.74. The maximum absolute atomic E-state index is 12.9. The Kier molecular flexibility index (Phi) is 6.34. The molecule has 0 fully saturated rings. The smallest absolute Gasteiger partial charge is 0.408 e. The minimum absolute atomic E-state index is 0.431. The fourth-order valence-electron chi connectivity index (χ4n) is 4.36. The minimum Gasteiger partial charge on any atom is -0.444 e. The van der Waals surface area contributed by atoms with Gasteiger partial charge in [0.2, 0.25) is 0 Å². The van der Waals surface area contributed by atoms with Crippen molar-refractivity contribution in [1.29, 1.82) is 0 Å². The molecular formula is C30H30N4O2. The number of alkyl carbamates (subject to hydrolysis) is 1. The van der Waals surface area contributed by atoms with E-state index < -0.39 is 17.7 Å². The van der Waals surface area contributed by atoms with Crippen LogP contribution in [0.5, 0.6) is 0 Å². The predicted molar refractivity (Wildman–Crippen MR) is 144 cm³/mol. The maximum Gasteiger partial charge on any atom is 0.408 e. The van der Waals surface area contributed by atoms with Gasteiger partial charge in [-0.25, -0.2) is 9.78 Å². The summed E-state index contributed by atoms with van der Waals surface area (Å²) in [7, 11) is 0. The summed E-state index contributed by atoms with van der Waals surface area (Å²) in [5, 5.41) is 4.18. The van der Waals surface area contributed by atoms with Crippen LogP contribution in [-0.2, 0) is 11.2 Å². The van der Waals surface area contributed by atoms with Gasteiger partial charge in [0.1, 0.15) is 11.4 Å². The molecule has 0 radical (unpaired) electrons.